The third kappa shape index (κ3) is 3.15. The Balaban J connectivity index is 1.62. The minimum absolute atomic E-state index is 0.0720. The van der Waals surface area contributed by atoms with Gasteiger partial charge < -0.3 is 19.6 Å². The van der Waals surface area contributed by atoms with Crippen molar-refractivity contribution in [2.75, 3.05) is 59.5 Å². The number of piperidine rings is 1. The van der Waals surface area contributed by atoms with Gasteiger partial charge in [0.25, 0.3) is 0 Å². The van der Waals surface area contributed by atoms with E-state index in [2.05, 4.69) is 23.8 Å². The molecule has 126 valence electrons. The van der Waals surface area contributed by atoms with Gasteiger partial charge in [-0.2, -0.15) is 0 Å². The van der Waals surface area contributed by atoms with E-state index in [1.165, 1.54) is 0 Å². The van der Waals surface area contributed by atoms with E-state index in [0.717, 1.165) is 52.2 Å². The lowest BCUT2D eigenvalue weighted by Gasteiger charge is -2.39. The molecule has 0 bridgehead atoms. The molecule has 0 radical (unpaired) electrons. The molecule has 22 heavy (non-hydrogen) atoms. The van der Waals surface area contributed by atoms with Gasteiger partial charge in [-0.3, -0.25) is 9.69 Å². The van der Waals surface area contributed by atoms with Crippen molar-refractivity contribution in [3.63, 3.8) is 0 Å². The molecule has 6 nitrogen and oxygen atoms in total. The van der Waals surface area contributed by atoms with Crippen LogP contribution >= 0.6 is 0 Å². The van der Waals surface area contributed by atoms with Gasteiger partial charge in [0.15, 0.2) is 0 Å². The van der Waals surface area contributed by atoms with Gasteiger partial charge in [0.1, 0.15) is 0 Å². The standard InChI is InChI=1S/C16H29N3O3/c1-16(3-5-17(2)6-4-16)15(21)19-11-13(14(20)12-19)18-7-9-22-10-8-18/h13-14,20H,3-12H2,1-2H3/t13-,14-/m0/s1. The number of β-amino-alcohol motifs (C(OH)–C–C–N with tert-alkyl or cyclic N) is 1. The Morgan fingerprint density at radius 2 is 1.77 bits per heavy atom. The number of amides is 1. The Morgan fingerprint density at radius 3 is 2.41 bits per heavy atom. The predicted molar refractivity (Wildman–Crippen MR) is 83.6 cm³/mol. The van der Waals surface area contributed by atoms with Crippen LogP contribution in [0.2, 0.25) is 0 Å². The molecule has 3 heterocycles. The van der Waals surface area contributed by atoms with Gasteiger partial charge in [0.2, 0.25) is 5.91 Å². The summed E-state index contributed by atoms with van der Waals surface area (Å²) in [7, 11) is 2.11. The maximum Gasteiger partial charge on any atom is 0.228 e. The molecule has 3 aliphatic rings. The second-order valence-electron chi connectivity index (χ2n) is 7.36. The highest BCUT2D eigenvalue weighted by Crippen LogP contribution is 2.34. The average Bonchev–Trinajstić information content (AvgIpc) is 2.92. The zero-order chi connectivity index (χ0) is 15.7. The Morgan fingerprint density at radius 1 is 1.14 bits per heavy atom. The third-order valence-corrected chi connectivity index (χ3v) is 5.67. The van der Waals surface area contributed by atoms with Crippen LogP contribution in [0.1, 0.15) is 19.8 Å². The first kappa shape index (κ1) is 16.2. The number of rotatable bonds is 2. The van der Waals surface area contributed by atoms with Crippen LogP contribution in [-0.2, 0) is 9.53 Å². The molecule has 0 aromatic rings. The Bertz CT molecular complexity index is 403. The van der Waals surface area contributed by atoms with Gasteiger partial charge in [-0.15, -0.1) is 0 Å². The van der Waals surface area contributed by atoms with Crippen LogP contribution in [0.15, 0.2) is 0 Å². The summed E-state index contributed by atoms with van der Waals surface area (Å²) in [6, 6.07) is 0.0720. The van der Waals surface area contributed by atoms with E-state index in [1.54, 1.807) is 0 Å². The molecular weight excluding hydrogens is 282 g/mol. The third-order valence-electron chi connectivity index (χ3n) is 5.67. The first-order valence-corrected chi connectivity index (χ1v) is 8.47. The Hall–Kier alpha value is -0.690. The van der Waals surface area contributed by atoms with Crippen molar-refractivity contribution >= 4 is 5.91 Å². The molecule has 3 aliphatic heterocycles. The fourth-order valence-corrected chi connectivity index (χ4v) is 3.91. The van der Waals surface area contributed by atoms with Gasteiger partial charge in [-0.05, 0) is 33.0 Å². The largest absolute Gasteiger partial charge is 0.390 e. The summed E-state index contributed by atoms with van der Waals surface area (Å²) in [5.41, 5.74) is -0.258. The van der Waals surface area contributed by atoms with Crippen LogP contribution in [0.5, 0.6) is 0 Å². The van der Waals surface area contributed by atoms with E-state index in [1.807, 2.05) is 4.90 Å². The van der Waals surface area contributed by atoms with Crippen LogP contribution < -0.4 is 0 Å². The van der Waals surface area contributed by atoms with E-state index < -0.39 is 6.10 Å². The quantitative estimate of drug-likeness (QED) is 0.754. The summed E-state index contributed by atoms with van der Waals surface area (Å²) in [6.45, 7) is 8.34. The van der Waals surface area contributed by atoms with E-state index in [0.29, 0.717) is 13.1 Å². The van der Waals surface area contributed by atoms with Gasteiger partial charge in [0, 0.05) is 31.6 Å². The first-order valence-electron chi connectivity index (χ1n) is 8.47. The van der Waals surface area contributed by atoms with Crippen molar-refractivity contribution in [1.29, 1.82) is 0 Å². The molecule has 0 unspecified atom stereocenters. The SMILES string of the molecule is CN1CCC(C)(C(=O)N2C[C@H](O)[C@@H](N3CCOCC3)C2)CC1. The summed E-state index contributed by atoms with van der Waals surface area (Å²) < 4.78 is 5.38. The van der Waals surface area contributed by atoms with Crippen LogP contribution in [0.4, 0.5) is 0 Å². The minimum Gasteiger partial charge on any atom is -0.390 e. The average molecular weight is 311 g/mol. The van der Waals surface area contributed by atoms with Gasteiger partial charge in [-0.25, -0.2) is 0 Å². The van der Waals surface area contributed by atoms with Gasteiger partial charge in [0.05, 0.1) is 25.4 Å². The highest BCUT2D eigenvalue weighted by molar-refractivity contribution is 5.83. The molecule has 3 rings (SSSR count). The lowest BCUT2D eigenvalue weighted by Crippen LogP contribution is -2.50. The number of hydrogen-bond donors (Lipinski definition) is 1. The van der Waals surface area contributed by atoms with Crippen LogP contribution in [0.25, 0.3) is 0 Å². The number of hydrogen-bond acceptors (Lipinski definition) is 5. The number of likely N-dealkylation sites (tertiary alicyclic amines) is 2. The van der Waals surface area contributed by atoms with E-state index in [9.17, 15) is 9.90 Å². The maximum atomic E-state index is 13.0. The molecule has 1 N–H and O–H groups in total. The molecule has 0 spiro atoms. The second kappa shape index (κ2) is 6.43. The molecule has 3 saturated heterocycles. The summed E-state index contributed by atoms with van der Waals surface area (Å²) in [5.74, 6) is 0.232. The molecule has 0 aromatic heterocycles. The van der Waals surface area contributed by atoms with Crippen molar-refractivity contribution < 1.29 is 14.6 Å². The number of nitrogens with zero attached hydrogens (tertiary/aromatic N) is 3. The summed E-state index contributed by atoms with van der Waals surface area (Å²) in [6.07, 6.45) is 1.39. The van der Waals surface area contributed by atoms with Crippen molar-refractivity contribution in [3.8, 4) is 0 Å². The fraction of sp³-hybridized carbons (Fsp3) is 0.938. The number of carbonyl (C=O) groups excluding carboxylic acids is 1. The summed E-state index contributed by atoms with van der Waals surface area (Å²) >= 11 is 0. The normalized spacial score (nSPS) is 34.0. The molecule has 1 amide bonds. The fourth-order valence-electron chi connectivity index (χ4n) is 3.91. The number of morpholine rings is 1. The lowest BCUT2D eigenvalue weighted by molar-refractivity contribution is -0.143. The zero-order valence-corrected chi connectivity index (χ0v) is 13.8. The molecule has 6 heteroatoms. The highest BCUT2D eigenvalue weighted by atomic mass is 16.5. The smallest absolute Gasteiger partial charge is 0.228 e. The van der Waals surface area contributed by atoms with E-state index in [4.69, 9.17) is 4.74 Å². The number of aliphatic hydroxyl groups is 1. The number of aliphatic hydroxyl groups excluding tert-OH is 1. The van der Waals surface area contributed by atoms with Crippen molar-refractivity contribution in [3.05, 3.63) is 0 Å². The lowest BCUT2D eigenvalue weighted by atomic mass is 9.79. The van der Waals surface area contributed by atoms with E-state index >= 15 is 0 Å². The van der Waals surface area contributed by atoms with Crippen molar-refractivity contribution in [2.24, 2.45) is 5.41 Å². The van der Waals surface area contributed by atoms with Gasteiger partial charge >= 0.3 is 0 Å². The van der Waals surface area contributed by atoms with Crippen molar-refractivity contribution in [1.82, 2.24) is 14.7 Å². The molecule has 0 aliphatic carbocycles. The maximum absolute atomic E-state index is 13.0. The first-order chi connectivity index (χ1) is 10.5. The van der Waals surface area contributed by atoms with Crippen LogP contribution in [-0.4, -0.2) is 97.4 Å². The number of carbonyl (C=O) groups is 1. The monoisotopic (exact) mass is 311 g/mol. The molecular formula is C16H29N3O3. The highest BCUT2D eigenvalue weighted by Gasteiger charge is 2.44. The Kier molecular flexibility index (Phi) is 4.73. The Labute approximate surface area is 133 Å². The van der Waals surface area contributed by atoms with Crippen LogP contribution in [0, 0.1) is 5.41 Å². The second-order valence-corrected chi connectivity index (χ2v) is 7.36. The van der Waals surface area contributed by atoms with Crippen LogP contribution in [0.3, 0.4) is 0 Å². The predicted octanol–water partition coefficient (Wildman–Crippen LogP) is -0.378. The summed E-state index contributed by atoms with van der Waals surface area (Å²) in [4.78, 5) is 19.4. The number of ether oxygens (including phenoxy) is 1. The van der Waals surface area contributed by atoms with E-state index in [-0.39, 0.29) is 17.4 Å². The van der Waals surface area contributed by atoms with Gasteiger partial charge in [-0.1, -0.05) is 6.92 Å². The molecule has 3 fully saturated rings. The summed E-state index contributed by atoms with van der Waals surface area (Å²) in [5, 5.41) is 10.4. The topological polar surface area (TPSA) is 56.2 Å². The zero-order valence-electron chi connectivity index (χ0n) is 13.8. The van der Waals surface area contributed by atoms with Crippen molar-refractivity contribution in [2.45, 2.75) is 31.9 Å². The molecule has 0 saturated carbocycles. The molecule has 2 atom stereocenters. The minimum atomic E-state index is -0.433. The molecule has 0 aromatic carbocycles.